The number of carbonyl (C=O) groups is 2. The fraction of sp³-hybridized carbons (Fsp3) is 0.500. The number of hydrogen-bond acceptors (Lipinski definition) is 7. The minimum atomic E-state index is -0.404. The number of nitrogens with one attached hydrogen (secondary N) is 2. The molecule has 0 saturated heterocycles. The van der Waals surface area contributed by atoms with E-state index in [1.54, 1.807) is 19.9 Å². The first-order chi connectivity index (χ1) is 14.9. The summed E-state index contributed by atoms with van der Waals surface area (Å²) in [6.07, 6.45) is 0. The molecule has 2 rings (SSSR count). The number of para-hydroxylation sites is 1. The van der Waals surface area contributed by atoms with Gasteiger partial charge in [0.2, 0.25) is 11.8 Å². The number of likely N-dealkylation sites (N-methyl/N-ethyl adjacent to an activating group) is 1. The summed E-state index contributed by atoms with van der Waals surface area (Å²) in [7, 11) is 0. The second-order valence-electron chi connectivity index (χ2n) is 7.03. The number of thioether (sulfide) groups is 1. The van der Waals surface area contributed by atoms with E-state index < -0.39 is 5.25 Å². The maximum atomic E-state index is 12.3. The van der Waals surface area contributed by atoms with Gasteiger partial charge in [-0.3, -0.25) is 9.59 Å². The predicted octanol–water partition coefficient (Wildman–Crippen LogP) is 3.08. The number of amides is 2. The average Bonchev–Trinajstić information content (AvgIpc) is 3.18. The monoisotopic (exact) mass is 448 g/mol. The van der Waals surface area contributed by atoms with Crippen LogP contribution in [0.4, 0.5) is 5.82 Å². The molecule has 8 nitrogen and oxygen atoms in total. The second kappa shape index (κ2) is 13.0. The van der Waals surface area contributed by atoms with E-state index in [-0.39, 0.29) is 17.6 Å². The fourth-order valence-corrected chi connectivity index (χ4v) is 3.50. The summed E-state index contributed by atoms with van der Waals surface area (Å²) in [5.74, 6) is 1.58. The Balaban J connectivity index is 1.74. The van der Waals surface area contributed by atoms with E-state index in [1.165, 1.54) is 11.8 Å². The van der Waals surface area contributed by atoms with Crippen molar-refractivity contribution in [3.05, 3.63) is 41.7 Å². The third kappa shape index (κ3) is 8.63. The van der Waals surface area contributed by atoms with Crippen molar-refractivity contribution >= 4 is 29.4 Å². The molecule has 2 aromatic rings. The Morgan fingerprint density at radius 3 is 2.68 bits per heavy atom. The van der Waals surface area contributed by atoms with Gasteiger partial charge in [0, 0.05) is 24.7 Å². The van der Waals surface area contributed by atoms with Gasteiger partial charge in [0.25, 0.3) is 0 Å². The van der Waals surface area contributed by atoms with Gasteiger partial charge >= 0.3 is 0 Å². The molecule has 1 heterocycles. The maximum Gasteiger partial charge on any atom is 0.238 e. The van der Waals surface area contributed by atoms with Crippen LogP contribution in [0.3, 0.4) is 0 Å². The van der Waals surface area contributed by atoms with E-state index in [2.05, 4.69) is 34.5 Å². The van der Waals surface area contributed by atoms with Crippen LogP contribution < -0.4 is 15.4 Å². The van der Waals surface area contributed by atoms with Gasteiger partial charge in [0.15, 0.2) is 5.82 Å². The number of carbonyl (C=O) groups excluding carboxylic acids is 2. The van der Waals surface area contributed by atoms with Gasteiger partial charge in [-0.2, -0.15) is 0 Å². The Hall–Kier alpha value is -2.52. The molecule has 2 N–H and O–H groups in total. The average molecular weight is 449 g/mol. The Kier molecular flexibility index (Phi) is 10.4. The van der Waals surface area contributed by atoms with Crippen LogP contribution in [0.15, 0.2) is 34.9 Å². The van der Waals surface area contributed by atoms with Gasteiger partial charge in [-0.05, 0) is 33.0 Å². The Bertz CT molecular complexity index is 838. The molecule has 9 heteroatoms. The molecule has 0 bridgehead atoms. The number of aryl methyl sites for hydroxylation is 1. The molecule has 0 aliphatic carbocycles. The minimum absolute atomic E-state index is 0.139. The third-order valence-corrected chi connectivity index (χ3v) is 5.86. The standard InChI is InChI=1S/C22H32N4O4S/c1-5-26(6-2)11-12-29-19-10-8-7-9-18(19)14-23-21(27)15-31-17(4)22(28)24-20-13-16(3)30-25-20/h7-10,13,17H,5-6,11-12,14-15H2,1-4H3,(H,23,27)(H,24,25,28). The molecule has 1 aromatic carbocycles. The Morgan fingerprint density at radius 2 is 2.00 bits per heavy atom. The van der Waals surface area contributed by atoms with Crippen LogP contribution in [-0.2, 0) is 16.1 Å². The quantitative estimate of drug-likeness (QED) is 0.486. The SMILES string of the molecule is CCN(CC)CCOc1ccccc1CNC(=O)CSC(C)C(=O)Nc1cc(C)on1. The lowest BCUT2D eigenvalue weighted by Gasteiger charge is -2.19. The van der Waals surface area contributed by atoms with Crippen molar-refractivity contribution in [3.8, 4) is 5.75 Å². The molecule has 0 radical (unpaired) electrons. The van der Waals surface area contributed by atoms with Crippen LogP contribution in [0.5, 0.6) is 5.75 Å². The highest BCUT2D eigenvalue weighted by Crippen LogP contribution is 2.18. The highest BCUT2D eigenvalue weighted by atomic mass is 32.2. The van der Waals surface area contributed by atoms with Crippen molar-refractivity contribution in [2.75, 3.05) is 37.3 Å². The van der Waals surface area contributed by atoms with Crippen LogP contribution in [0.2, 0.25) is 0 Å². The summed E-state index contributed by atoms with van der Waals surface area (Å²) in [6.45, 7) is 11.6. The topological polar surface area (TPSA) is 96.7 Å². The van der Waals surface area contributed by atoms with Crippen LogP contribution in [0, 0.1) is 6.92 Å². The third-order valence-electron chi connectivity index (χ3n) is 4.72. The highest BCUT2D eigenvalue weighted by molar-refractivity contribution is 8.01. The maximum absolute atomic E-state index is 12.3. The normalized spacial score (nSPS) is 11.9. The molecule has 31 heavy (non-hydrogen) atoms. The number of ether oxygens (including phenoxy) is 1. The molecule has 0 aliphatic heterocycles. The molecule has 0 saturated carbocycles. The van der Waals surface area contributed by atoms with Crippen molar-refractivity contribution in [3.63, 3.8) is 0 Å². The zero-order valence-corrected chi connectivity index (χ0v) is 19.5. The number of nitrogens with zero attached hydrogens (tertiary/aromatic N) is 2. The lowest BCUT2D eigenvalue weighted by molar-refractivity contribution is -0.118. The summed E-state index contributed by atoms with van der Waals surface area (Å²) in [4.78, 5) is 26.7. The van der Waals surface area contributed by atoms with Crippen molar-refractivity contribution in [2.45, 2.75) is 39.5 Å². The number of hydrogen-bond donors (Lipinski definition) is 2. The van der Waals surface area contributed by atoms with Gasteiger partial charge in [0.1, 0.15) is 18.1 Å². The van der Waals surface area contributed by atoms with E-state index in [0.29, 0.717) is 24.7 Å². The zero-order valence-electron chi connectivity index (χ0n) is 18.6. The van der Waals surface area contributed by atoms with Crippen LogP contribution in [0.25, 0.3) is 0 Å². The van der Waals surface area contributed by atoms with Gasteiger partial charge in [0.05, 0.1) is 11.0 Å². The first kappa shape index (κ1) is 24.7. The first-order valence-electron chi connectivity index (χ1n) is 10.5. The number of rotatable bonds is 13. The van der Waals surface area contributed by atoms with Crippen LogP contribution in [-0.4, -0.2) is 59.1 Å². The van der Waals surface area contributed by atoms with Crippen molar-refractivity contribution < 1.29 is 18.8 Å². The van der Waals surface area contributed by atoms with Crippen LogP contribution >= 0.6 is 11.8 Å². The van der Waals surface area contributed by atoms with E-state index >= 15 is 0 Å². The molecule has 2 amide bonds. The fourth-order valence-electron chi connectivity index (χ4n) is 2.79. The molecule has 170 valence electrons. The largest absolute Gasteiger partial charge is 0.492 e. The van der Waals surface area contributed by atoms with Gasteiger partial charge < -0.3 is 24.8 Å². The minimum Gasteiger partial charge on any atom is -0.492 e. The molecular weight excluding hydrogens is 416 g/mol. The van der Waals surface area contributed by atoms with Gasteiger partial charge in [-0.15, -0.1) is 11.8 Å². The second-order valence-corrected chi connectivity index (χ2v) is 8.35. The number of aromatic nitrogens is 1. The summed E-state index contributed by atoms with van der Waals surface area (Å²) < 4.78 is 10.9. The van der Waals surface area contributed by atoms with Crippen molar-refractivity contribution in [1.82, 2.24) is 15.4 Å². The van der Waals surface area contributed by atoms with Crippen molar-refractivity contribution in [1.29, 1.82) is 0 Å². The molecule has 1 aromatic heterocycles. The molecular formula is C22H32N4O4S. The molecule has 1 unspecified atom stereocenters. The Morgan fingerprint density at radius 1 is 1.26 bits per heavy atom. The van der Waals surface area contributed by atoms with E-state index in [9.17, 15) is 9.59 Å². The highest BCUT2D eigenvalue weighted by Gasteiger charge is 2.17. The smallest absolute Gasteiger partial charge is 0.238 e. The lowest BCUT2D eigenvalue weighted by atomic mass is 10.2. The summed E-state index contributed by atoms with van der Waals surface area (Å²) in [6, 6.07) is 9.34. The van der Waals surface area contributed by atoms with Gasteiger partial charge in [-0.25, -0.2) is 0 Å². The molecule has 0 fully saturated rings. The van der Waals surface area contributed by atoms with Crippen LogP contribution in [0.1, 0.15) is 32.1 Å². The Labute approximate surface area is 188 Å². The number of anilines is 1. The summed E-state index contributed by atoms with van der Waals surface area (Å²) in [5, 5.41) is 8.90. The first-order valence-corrected chi connectivity index (χ1v) is 11.5. The van der Waals surface area contributed by atoms with E-state index in [1.807, 2.05) is 24.3 Å². The number of benzene rings is 1. The molecule has 0 aliphatic rings. The van der Waals surface area contributed by atoms with Gasteiger partial charge in [-0.1, -0.05) is 37.2 Å². The van der Waals surface area contributed by atoms with E-state index in [4.69, 9.17) is 9.26 Å². The molecule has 1 atom stereocenters. The van der Waals surface area contributed by atoms with Crippen molar-refractivity contribution in [2.24, 2.45) is 0 Å². The van der Waals surface area contributed by atoms with E-state index in [0.717, 1.165) is 30.9 Å². The zero-order chi connectivity index (χ0) is 22.6. The summed E-state index contributed by atoms with van der Waals surface area (Å²) in [5.41, 5.74) is 0.924. The predicted molar refractivity (Wildman–Crippen MR) is 123 cm³/mol. The summed E-state index contributed by atoms with van der Waals surface area (Å²) >= 11 is 1.26. The molecule has 0 spiro atoms. The lowest BCUT2D eigenvalue weighted by Crippen LogP contribution is -2.29.